The lowest BCUT2D eigenvalue weighted by Crippen LogP contribution is -2.23. The third kappa shape index (κ3) is 3.59. The van der Waals surface area contributed by atoms with Crippen molar-refractivity contribution >= 4 is 23.3 Å². The average Bonchev–Trinajstić information content (AvgIpc) is 3.35. The molecular weight excluding hydrogens is 392 g/mol. The summed E-state index contributed by atoms with van der Waals surface area (Å²) in [6, 6.07) is 5.80. The van der Waals surface area contributed by atoms with Crippen LogP contribution in [0, 0.1) is 13.8 Å². The molecule has 9 heteroatoms. The first-order chi connectivity index (χ1) is 14.0. The number of nitrogens with zero attached hydrogens (tertiary/aromatic N) is 4. The van der Waals surface area contributed by atoms with Gasteiger partial charge in [-0.25, -0.2) is 15.0 Å². The number of nitrogens with two attached hydrogens (primary N) is 1. The molecule has 29 heavy (non-hydrogen) atoms. The predicted molar refractivity (Wildman–Crippen MR) is 108 cm³/mol. The van der Waals surface area contributed by atoms with Crippen LogP contribution in [-0.4, -0.2) is 25.3 Å². The summed E-state index contributed by atoms with van der Waals surface area (Å²) in [5, 5.41) is 3.33. The van der Waals surface area contributed by atoms with Gasteiger partial charge in [0, 0.05) is 29.6 Å². The van der Waals surface area contributed by atoms with E-state index in [0.29, 0.717) is 16.7 Å². The van der Waals surface area contributed by atoms with Crippen molar-refractivity contribution in [2.45, 2.75) is 26.9 Å². The Kier molecular flexibility index (Phi) is 5.04. The number of halogens is 1. The van der Waals surface area contributed by atoms with E-state index < -0.39 is 0 Å². The zero-order valence-electron chi connectivity index (χ0n) is 15.9. The topological polar surface area (TPSA) is 111 Å². The highest BCUT2D eigenvalue weighted by molar-refractivity contribution is 6.33. The van der Waals surface area contributed by atoms with Crippen molar-refractivity contribution in [2.24, 2.45) is 5.73 Å². The fourth-order valence-corrected chi connectivity index (χ4v) is 3.52. The number of carbonyl (C=O) groups excluding carboxylic acids is 1. The summed E-state index contributed by atoms with van der Waals surface area (Å²) in [7, 11) is 0. The molecule has 1 aromatic carbocycles. The summed E-state index contributed by atoms with van der Waals surface area (Å²) in [6.45, 7) is 4.28. The maximum atomic E-state index is 12.6. The number of benzene rings is 1. The van der Waals surface area contributed by atoms with Crippen LogP contribution in [-0.2, 0) is 13.1 Å². The van der Waals surface area contributed by atoms with E-state index in [-0.39, 0.29) is 24.7 Å². The Labute approximate surface area is 171 Å². The maximum Gasteiger partial charge on any atom is 0.272 e. The van der Waals surface area contributed by atoms with Crippen LogP contribution >= 0.6 is 11.6 Å². The number of aromatic nitrogens is 4. The van der Waals surface area contributed by atoms with Gasteiger partial charge in [-0.15, -0.1) is 0 Å². The second kappa shape index (κ2) is 7.65. The second-order valence-electron chi connectivity index (χ2n) is 6.62. The molecule has 0 bridgehead atoms. The first-order valence-electron chi connectivity index (χ1n) is 8.99. The van der Waals surface area contributed by atoms with Gasteiger partial charge in [0.15, 0.2) is 0 Å². The predicted octanol–water partition coefficient (Wildman–Crippen LogP) is 3.04. The molecule has 0 radical (unpaired) electrons. The van der Waals surface area contributed by atoms with Gasteiger partial charge in [-0.1, -0.05) is 23.7 Å². The van der Waals surface area contributed by atoms with Crippen molar-refractivity contribution in [3.05, 3.63) is 70.3 Å². The zero-order chi connectivity index (χ0) is 20.5. The standard InChI is InChI=1S/C20H19ClN6O2/c1-11-3-4-13(15(21)7-11)18-14(8-22)12(2)25-20-26-16(10-27(18)20)19(28)24-9-17-23-5-6-29-17/h3-7,10H,8-9,22H2,1-2H3,(H,24,28). The molecule has 3 N–H and O–H groups in total. The summed E-state index contributed by atoms with van der Waals surface area (Å²) in [5.74, 6) is 0.447. The quantitative estimate of drug-likeness (QED) is 0.523. The number of carbonyl (C=O) groups is 1. The Hall–Kier alpha value is -3.23. The Bertz CT molecular complexity index is 1200. The minimum absolute atomic E-state index is 0.164. The molecule has 0 saturated heterocycles. The van der Waals surface area contributed by atoms with E-state index in [4.69, 9.17) is 21.8 Å². The number of nitrogens with one attached hydrogen (secondary N) is 1. The lowest BCUT2D eigenvalue weighted by Gasteiger charge is -2.15. The van der Waals surface area contributed by atoms with Gasteiger partial charge in [-0.2, -0.15) is 0 Å². The van der Waals surface area contributed by atoms with E-state index in [0.717, 1.165) is 28.1 Å². The van der Waals surface area contributed by atoms with Crippen LogP contribution in [0.3, 0.4) is 0 Å². The molecule has 3 aromatic heterocycles. The number of amides is 1. The van der Waals surface area contributed by atoms with Crippen molar-refractivity contribution in [1.29, 1.82) is 0 Å². The van der Waals surface area contributed by atoms with Gasteiger partial charge in [-0.3, -0.25) is 9.20 Å². The summed E-state index contributed by atoms with van der Waals surface area (Å²) in [6.07, 6.45) is 4.60. The van der Waals surface area contributed by atoms with E-state index >= 15 is 0 Å². The molecule has 0 saturated carbocycles. The molecule has 4 rings (SSSR count). The highest BCUT2D eigenvalue weighted by Crippen LogP contribution is 2.32. The minimum Gasteiger partial charge on any atom is -0.447 e. The summed E-state index contributed by atoms with van der Waals surface area (Å²) in [5.41, 5.74) is 10.4. The monoisotopic (exact) mass is 410 g/mol. The number of fused-ring (bicyclic) bond motifs is 1. The van der Waals surface area contributed by atoms with Crippen molar-refractivity contribution in [1.82, 2.24) is 24.7 Å². The molecule has 0 spiro atoms. The third-order valence-corrected chi connectivity index (χ3v) is 4.93. The number of hydrogen-bond acceptors (Lipinski definition) is 6. The molecule has 0 unspecified atom stereocenters. The Morgan fingerprint density at radius 2 is 2.14 bits per heavy atom. The molecule has 0 atom stereocenters. The molecule has 0 aliphatic carbocycles. The summed E-state index contributed by atoms with van der Waals surface area (Å²) >= 11 is 6.53. The minimum atomic E-state index is -0.360. The van der Waals surface area contributed by atoms with Gasteiger partial charge in [0.05, 0.1) is 23.5 Å². The van der Waals surface area contributed by atoms with E-state index in [1.165, 1.54) is 12.5 Å². The van der Waals surface area contributed by atoms with E-state index in [1.54, 1.807) is 10.6 Å². The van der Waals surface area contributed by atoms with E-state index in [1.807, 2.05) is 32.0 Å². The largest absolute Gasteiger partial charge is 0.447 e. The summed E-state index contributed by atoms with van der Waals surface area (Å²) in [4.78, 5) is 25.5. The highest BCUT2D eigenvalue weighted by Gasteiger charge is 2.20. The molecule has 3 heterocycles. The first-order valence-corrected chi connectivity index (χ1v) is 9.37. The van der Waals surface area contributed by atoms with Gasteiger partial charge in [-0.05, 0) is 25.5 Å². The Morgan fingerprint density at radius 1 is 1.31 bits per heavy atom. The van der Waals surface area contributed by atoms with E-state index in [2.05, 4.69) is 20.3 Å². The molecule has 0 aliphatic heterocycles. The zero-order valence-corrected chi connectivity index (χ0v) is 16.7. The molecule has 1 amide bonds. The van der Waals surface area contributed by atoms with Gasteiger partial charge in [0.25, 0.3) is 5.91 Å². The molecule has 0 aliphatic rings. The van der Waals surface area contributed by atoms with Gasteiger partial charge >= 0.3 is 0 Å². The van der Waals surface area contributed by atoms with Crippen LogP contribution < -0.4 is 11.1 Å². The van der Waals surface area contributed by atoms with E-state index in [9.17, 15) is 4.79 Å². The molecule has 8 nitrogen and oxygen atoms in total. The lowest BCUT2D eigenvalue weighted by atomic mass is 10.0. The second-order valence-corrected chi connectivity index (χ2v) is 7.02. The molecule has 4 aromatic rings. The number of hydrogen-bond donors (Lipinski definition) is 2. The van der Waals surface area contributed by atoms with Crippen LogP contribution in [0.5, 0.6) is 0 Å². The summed E-state index contributed by atoms with van der Waals surface area (Å²) < 4.78 is 6.89. The van der Waals surface area contributed by atoms with Crippen LogP contribution in [0.15, 0.2) is 41.3 Å². The highest BCUT2D eigenvalue weighted by atomic mass is 35.5. The normalized spacial score (nSPS) is 11.2. The van der Waals surface area contributed by atoms with Crippen molar-refractivity contribution in [2.75, 3.05) is 0 Å². The Morgan fingerprint density at radius 3 is 2.83 bits per heavy atom. The fourth-order valence-electron chi connectivity index (χ4n) is 3.19. The van der Waals surface area contributed by atoms with Crippen LogP contribution in [0.1, 0.15) is 33.2 Å². The van der Waals surface area contributed by atoms with Gasteiger partial charge in [0.2, 0.25) is 11.7 Å². The SMILES string of the molecule is Cc1ccc(-c2c(CN)c(C)nc3nc(C(=O)NCc4ncco4)cn23)c(Cl)c1. The van der Waals surface area contributed by atoms with Crippen LogP contribution in [0.2, 0.25) is 5.02 Å². The average molecular weight is 411 g/mol. The molecule has 0 fully saturated rings. The first kappa shape index (κ1) is 19.1. The Balaban J connectivity index is 1.80. The lowest BCUT2D eigenvalue weighted by molar-refractivity contribution is 0.0943. The third-order valence-electron chi connectivity index (χ3n) is 4.62. The van der Waals surface area contributed by atoms with Crippen molar-refractivity contribution in [3.8, 4) is 11.3 Å². The number of aryl methyl sites for hydroxylation is 2. The number of oxazole rings is 1. The number of imidazole rings is 1. The fraction of sp³-hybridized carbons (Fsp3) is 0.200. The smallest absolute Gasteiger partial charge is 0.272 e. The maximum absolute atomic E-state index is 12.6. The molecular formula is C20H19ClN6O2. The molecule has 148 valence electrons. The van der Waals surface area contributed by atoms with Crippen LogP contribution in [0.4, 0.5) is 0 Å². The van der Waals surface area contributed by atoms with Crippen molar-refractivity contribution in [3.63, 3.8) is 0 Å². The van der Waals surface area contributed by atoms with Crippen molar-refractivity contribution < 1.29 is 9.21 Å². The van der Waals surface area contributed by atoms with Crippen LogP contribution in [0.25, 0.3) is 17.0 Å². The van der Waals surface area contributed by atoms with Gasteiger partial charge < -0.3 is 15.5 Å². The number of rotatable bonds is 5. The van der Waals surface area contributed by atoms with Gasteiger partial charge in [0.1, 0.15) is 12.0 Å².